The normalized spacial score (nSPS) is 11.8. The lowest BCUT2D eigenvalue weighted by Crippen LogP contribution is -2.20. The predicted molar refractivity (Wildman–Crippen MR) is 179 cm³/mol. The van der Waals surface area contributed by atoms with Crippen molar-refractivity contribution in [3.8, 4) is 22.9 Å². The van der Waals surface area contributed by atoms with Gasteiger partial charge >= 0.3 is 6.18 Å². The highest BCUT2D eigenvalue weighted by atomic mass is 79.9. The monoisotopic (exact) mass is 855 g/mol. The number of ether oxygens (including phenoxy) is 2. The number of rotatable bonds is 8. The highest BCUT2D eigenvalue weighted by molar-refractivity contribution is 9.13. The van der Waals surface area contributed by atoms with E-state index in [-0.39, 0.29) is 23.4 Å². The zero-order chi connectivity index (χ0) is 31.6. The van der Waals surface area contributed by atoms with E-state index in [0.29, 0.717) is 38.1 Å². The number of alkyl halides is 3. The quantitative estimate of drug-likeness (QED) is 0.146. The van der Waals surface area contributed by atoms with Crippen molar-refractivity contribution < 1.29 is 22.6 Å². The second-order valence-corrected chi connectivity index (χ2v) is 12.6. The second kappa shape index (κ2) is 13.6. The van der Waals surface area contributed by atoms with E-state index in [2.05, 4.69) is 73.8 Å². The van der Waals surface area contributed by atoms with Crippen LogP contribution in [0.25, 0.3) is 22.3 Å². The van der Waals surface area contributed by atoms with Crippen LogP contribution in [0.5, 0.6) is 11.5 Å². The fourth-order valence-electron chi connectivity index (χ4n) is 4.26. The first kappa shape index (κ1) is 32.4. The van der Waals surface area contributed by atoms with Crippen molar-refractivity contribution in [1.82, 2.24) is 9.66 Å². The molecule has 5 rings (SSSR count). The third-order valence-corrected chi connectivity index (χ3v) is 9.73. The van der Waals surface area contributed by atoms with Gasteiger partial charge in [-0.2, -0.15) is 22.9 Å². The van der Waals surface area contributed by atoms with Gasteiger partial charge in [-0.25, -0.2) is 4.98 Å². The molecule has 6 nitrogen and oxygen atoms in total. The van der Waals surface area contributed by atoms with Crippen LogP contribution in [-0.4, -0.2) is 22.5 Å². The Morgan fingerprint density at radius 2 is 1.70 bits per heavy atom. The molecule has 0 N–H and O–H groups in total. The van der Waals surface area contributed by atoms with Crippen LogP contribution >= 0.6 is 63.7 Å². The van der Waals surface area contributed by atoms with Crippen molar-refractivity contribution in [2.24, 2.45) is 5.10 Å². The van der Waals surface area contributed by atoms with Gasteiger partial charge in [-0.1, -0.05) is 62.2 Å². The van der Waals surface area contributed by atoms with Gasteiger partial charge in [-0.3, -0.25) is 4.79 Å². The summed E-state index contributed by atoms with van der Waals surface area (Å²) in [4.78, 5) is 18.1. The molecule has 0 unspecified atom stereocenters. The average Bonchev–Trinajstić information content (AvgIpc) is 2.99. The Morgan fingerprint density at radius 3 is 2.43 bits per heavy atom. The molecule has 0 radical (unpaired) electrons. The third kappa shape index (κ3) is 6.95. The Kier molecular flexibility index (Phi) is 9.98. The minimum Gasteiger partial charge on any atom is -0.490 e. The van der Waals surface area contributed by atoms with E-state index in [4.69, 9.17) is 9.47 Å². The van der Waals surface area contributed by atoms with E-state index in [0.717, 1.165) is 31.3 Å². The number of halogens is 7. The minimum absolute atomic E-state index is 0.0451. The molecule has 44 heavy (non-hydrogen) atoms. The highest BCUT2D eigenvalue weighted by Gasteiger charge is 2.31. The Balaban J connectivity index is 1.59. The summed E-state index contributed by atoms with van der Waals surface area (Å²) in [6.45, 7) is 2.42. The summed E-state index contributed by atoms with van der Waals surface area (Å²) < 4.78 is 56.5. The molecule has 0 amide bonds. The van der Waals surface area contributed by atoms with E-state index < -0.39 is 17.3 Å². The van der Waals surface area contributed by atoms with Gasteiger partial charge in [0, 0.05) is 30.1 Å². The van der Waals surface area contributed by atoms with Gasteiger partial charge in [-0.05, 0) is 81.2 Å². The van der Waals surface area contributed by atoms with Crippen LogP contribution in [-0.2, 0) is 12.8 Å². The molecule has 0 aliphatic rings. The van der Waals surface area contributed by atoms with E-state index in [1.165, 1.54) is 18.3 Å². The zero-order valence-corrected chi connectivity index (χ0v) is 29.0. The highest BCUT2D eigenvalue weighted by Crippen LogP contribution is 2.43. The second-order valence-electron chi connectivity index (χ2n) is 9.27. The van der Waals surface area contributed by atoms with Gasteiger partial charge in [0.05, 0.1) is 33.8 Å². The summed E-state index contributed by atoms with van der Waals surface area (Å²) in [6.07, 6.45) is -3.17. The lowest BCUT2D eigenvalue weighted by molar-refractivity contribution is -0.137. The molecule has 13 heteroatoms. The van der Waals surface area contributed by atoms with Crippen molar-refractivity contribution in [1.29, 1.82) is 0 Å². The summed E-state index contributed by atoms with van der Waals surface area (Å²) in [5.74, 6) is 0.815. The van der Waals surface area contributed by atoms with Gasteiger partial charge in [0.1, 0.15) is 6.61 Å². The molecule has 5 aromatic rings. The Hall–Kier alpha value is -3.00. The number of fused-ring (bicyclic) bond motifs is 1. The predicted octanol–water partition coefficient (Wildman–Crippen LogP) is 9.99. The maximum absolute atomic E-state index is 13.6. The molecule has 1 aromatic heterocycles. The molecular formula is C31H20Br4F3N3O3. The smallest absolute Gasteiger partial charge is 0.416 e. The molecule has 226 valence electrons. The molecule has 0 aliphatic carbocycles. The van der Waals surface area contributed by atoms with E-state index >= 15 is 0 Å². The van der Waals surface area contributed by atoms with Gasteiger partial charge < -0.3 is 9.47 Å². The van der Waals surface area contributed by atoms with Crippen molar-refractivity contribution in [3.63, 3.8) is 0 Å². The zero-order valence-electron chi connectivity index (χ0n) is 22.6. The fourth-order valence-corrected chi connectivity index (χ4v) is 6.35. The van der Waals surface area contributed by atoms with Gasteiger partial charge in [-0.15, -0.1) is 0 Å². The fraction of sp³-hybridized carbons (Fsp3) is 0.129. The van der Waals surface area contributed by atoms with E-state index in [1.807, 2.05) is 25.1 Å². The maximum Gasteiger partial charge on any atom is 0.416 e. The lowest BCUT2D eigenvalue weighted by atomic mass is 10.1. The van der Waals surface area contributed by atoms with Crippen LogP contribution in [0.2, 0.25) is 0 Å². The molecule has 0 saturated carbocycles. The van der Waals surface area contributed by atoms with Crippen LogP contribution in [0.4, 0.5) is 13.2 Å². The molecule has 0 aliphatic heterocycles. The Labute approximate surface area is 283 Å². The van der Waals surface area contributed by atoms with Gasteiger partial charge in [0.15, 0.2) is 17.3 Å². The molecule has 0 bridgehead atoms. The Morgan fingerprint density at radius 1 is 0.932 bits per heavy atom. The number of hydrogen-bond donors (Lipinski definition) is 0. The molecule has 1 heterocycles. The Bertz CT molecular complexity index is 1960. The number of benzene rings is 4. The number of aromatic nitrogens is 2. The summed E-state index contributed by atoms with van der Waals surface area (Å²) in [5, 5.41) is 4.68. The van der Waals surface area contributed by atoms with Crippen LogP contribution < -0.4 is 15.0 Å². The lowest BCUT2D eigenvalue weighted by Gasteiger charge is -2.17. The molecule has 0 saturated heterocycles. The van der Waals surface area contributed by atoms with E-state index in [9.17, 15) is 18.0 Å². The summed E-state index contributed by atoms with van der Waals surface area (Å²) in [7, 11) is 0. The van der Waals surface area contributed by atoms with Crippen molar-refractivity contribution >= 4 is 80.8 Å². The van der Waals surface area contributed by atoms with E-state index in [1.54, 1.807) is 30.3 Å². The first-order valence-corrected chi connectivity index (χ1v) is 16.1. The summed E-state index contributed by atoms with van der Waals surface area (Å²) >= 11 is 14.2. The first-order valence-electron chi connectivity index (χ1n) is 12.9. The maximum atomic E-state index is 13.6. The number of para-hydroxylation sites is 1. The van der Waals surface area contributed by atoms with Crippen LogP contribution in [0, 0.1) is 0 Å². The summed E-state index contributed by atoms with van der Waals surface area (Å²) in [6, 6.07) is 18.6. The molecule has 0 fully saturated rings. The molecule has 0 spiro atoms. The van der Waals surface area contributed by atoms with Crippen molar-refractivity contribution in [2.75, 3.05) is 6.61 Å². The standard InChI is InChI=1S/C31H20Br4F3N3O3/c1-2-43-25-13-19(26(34)27(35)28(25)44-16-18-10-11-21(32)14-23(18)33)15-39-41-29(17-6-5-7-20(12-17)31(36,37)38)40-24-9-4-3-8-22(24)30(41)42/h3-15H,2,16H2,1H3. The topological polar surface area (TPSA) is 65.7 Å². The molecule has 4 aromatic carbocycles. The van der Waals surface area contributed by atoms with Crippen LogP contribution in [0.3, 0.4) is 0 Å². The number of nitrogens with zero attached hydrogens (tertiary/aromatic N) is 3. The summed E-state index contributed by atoms with van der Waals surface area (Å²) in [5.41, 5.74) is 0.421. The largest absolute Gasteiger partial charge is 0.490 e. The van der Waals surface area contributed by atoms with Crippen LogP contribution in [0.15, 0.2) is 101 Å². The van der Waals surface area contributed by atoms with Crippen molar-refractivity contribution in [2.45, 2.75) is 19.7 Å². The third-order valence-electron chi connectivity index (χ3n) is 6.36. The van der Waals surface area contributed by atoms with Crippen LogP contribution in [0.1, 0.15) is 23.6 Å². The first-order chi connectivity index (χ1) is 21.0. The number of hydrogen-bond acceptors (Lipinski definition) is 5. The molecule has 0 atom stereocenters. The average molecular weight is 859 g/mol. The SMILES string of the molecule is CCOc1cc(C=Nn2c(-c3cccc(C(F)(F)F)c3)nc3ccccc3c2=O)c(Br)c(Br)c1OCc1ccc(Br)cc1Br. The minimum atomic E-state index is -4.58. The van der Waals surface area contributed by atoms with Gasteiger partial charge in [0.25, 0.3) is 5.56 Å². The molecular weight excluding hydrogens is 839 g/mol. The van der Waals surface area contributed by atoms with Crippen molar-refractivity contribution in [3.05, 3.63) is 118 Å². The van der Waals surface area contributed by atoms with Gasteiger partial charge in [0.2, 0.25) is 0 Å².